The lowest BCUT2D eigenvalue weighted by Gasteiger charge is -2.30. The minimum Gasteiger partial charge on any atom is -0.476 e. The molecule has 0 radical (unpaired) electrons. The monoisotopic (exact) mass is 977 g/mol. The molecule has 8 rings (SSSR count). The van der Waals surface area contributed by atoms with Gasteiger partial charge in [0.1, 0.15) is 12.8 Å². The number of nitrogens with two attached hydrogens (primary N) is 1. The van der Waals surface area contributed by atoms with Gasteiger partial charge in [0.25, 0.3) is 5.91 Å². The van der Waals surface area contributed by atoms with Gasteiger partial charge in [-0.3, -0.25) is 19.3 Å². The Hall–Kier alpha value is -6.37. The molecule has 6 aromatic rings. The van der Waals surface area contributed by atoms with E-state index in [1.807, 2.05) is 60.7 Å². The second-order valence-electron chi connectivity index (χ2n) is 21.6. The number of aliphatic hydroxyl groups is 1. The number of nitrogens with zero attached hydrogens (tertiary/aromatic N) is 7. The van der Waals surface area contributed by atoms with Crippen molar-refractivity contribution in [2.24, 2.45) is 10.8 Å². The quantitative estimate of drug-likeness (QED) is 0.0369. The summed E-state index contributed by atoms with van der Waals surface area (Å²) in [5.41, 5.74) is 12.5. The first-order valence-corrected chi connectivity index (χ1v) is 27.8. The predicted octanol–water partition coefficient (Wildman–Crippen LogP) is 8.76. The lowest BCUT2D eigenvalue weighted by atomic mass is 9.76. The lowest BCUT2D eigenvalue weighted by Crippen LogP contribution is -2.34. The molecule has 18 heteroatoms. The zero-order valence-corrected chi connectivity index (χ0v) is 43.5. The molecule has 0 saturated heterocycles. The molecular weight excluding hydrogens is 905 g/mol. The van der Waals surface area contributed by atoms with Crippen molar-refractivity contribution < 1.29 is 34.1 Å². The van der Waals surface area contributed by atoms with Crippen molar-refractivity contribution in [2.45, 2.75) is 137 Å². The molecule has 4 aromatic heterocycles. The zero-order valence-electron chi connectivity index (χ0n) is 42.5. The van der Waals surface area contributed by atoms with Crippen molar-refractivity contribution in [3.8, 4) is 0 Å². The van der Waals surface area contributed by atoms with Gasteiger partial charge < -0.3 is 30.7 Å². The Labute approximate surface area is 412 Å². The van der Waals surface area contributed by atoms with Crippen LogP contribution in [0.3, 0.4) is 0 Å². The molecule has 0 aliphatic heterocycles. The zero-order chi connectivity index (χ0) is 51.0. The first-order valence-electron chi connectivity index (χ1n) is 24.0. The minimum atomic E-state index is -1.11. The molecule has 70 heavy (non-hydrogen) atoms. The van der Waals surface area contributed by atoms with Crippen LogP contribution in [0.15, 0.2) is 85.5 Å². The molecule has 2 atom stereocenters. The van der Waals surface area contributed by atoms with Gasteiger partial charge in [-0.2, -0.15) is 20.4 Å². The second-order valence-corrected chi connectivity index (χ2v) is 27.2. The fourth-order valence-electron chi connectivity index (χ4n) is 8.84. The van der Waals surface area contributed by atoms with E-state index in [1.165, 1.54) is 10.9 Å². The maximum Gasteiger partial charge on any atom is 0.356 e. The summed E-state index contributed by atoms with van der Waals surface area (Å²) in [5.74, 6) is -1.52. The average Bonchev–Trinajstić information content (AvgIpc) is 4.09. The van der Waals surface area contributed by atoms with E-state index >= 15 is 0 Å². The maximum atomic E-state index is 12.9. The van der Waals surface area contributed by atoms with Crippen molar-refractivity contribution in [1.82, 2.24) is 39.5 Å². The fraction of sp³-hybridized carbons (Fsp3) is 0.481. The SMILES string of the molecule is CC1(C)CCc2c(C(=O)Nc3cnn(C(c4ccccc4)C(C)(C)O)c3)n[nH]c2C1.CC1(C)CCc2c(C(=O)O)nn(COCC[Si](C)(C)C)c2C1.CCOC(=O)C(c1ccccc1)n1cc(N)cn1. The van der Waals surface area contributed by atoms with Gasteiger partial charge in [-0.25, -0.2) is 14.3 Å². The number of aromatic nitrogens is 8. The van der Waals surface area contributed by atoms with Crippen LogP contribution in [-0.4, -0.2) is 94.5 Å². The molecule has 0 spiro atoms. The first-order chi connectivity index (χ1) is 32.9. The van der Waals surface area contributed by atoms with E-state index in [1.54, 1.807) is 48.7 Å². The number of ether oxygens (including phenoxy) is 2. The van der Waals surface area contributed by atoms with Crippen molar-refractivity contribution in [2.75, 3.05) is 24.3 Å². The number of carbonyl (C=O) groups excluding carboxylic acids is 2. The highest BCUT2D eigenvalue weighted by Crippen LogP contribution is 2.37. The Balaban J connectivity index is 0.000000179. The van der Waals surface area contributed by atoms with Gasteiger partial charge in [-0.15, -0.1) is 0 Å². The molecule has 1 amide bonds. The van der Waals surface area contributed by atoms with E-state index in [4.69, 9.17) is 15.2 Å². The molecule has 376 valence electrons. The van der Waals surface area contributed by atoms with E-state index in [-0.39, 0.29) is 34.4 Å². The molecule has 2 aromatic carbocycles. The molecule has 0 bridgehead atoms. The Morgan fingerprint density at radius 1 is 0.871 bits per heavy atom. The molecule has 0 fully saturated rings. The number of carboxylic acids is 1. The number of hydrogen-bond acceptors (Lipinski definition) is 11. The van der Waals surface area contributed by atoms with Gasteiger partial charge in [0, 0.05) is 49.6 Å². The van der Waals surface area contributed by atoms with E-state index in [0.717, 1.165) is 84.8 Å². The molecule has 17 nitrogen and oxygen atoms in total. The summed E-state index contributed by atoms with van der Waals surface area (Å²) >= 11 is 0. The second kappa shape index (κ2) is 22.1. The summed E-state index contributed by atoms with van der Waals surface area (Å²) in [6.45, 7) is 22.5. The number of nitrogen functional groups attached to an aromatic ring is 1. The molecule has 4 heterocycles. The number of benzene rings is 2. The Kier molecular flexibility index (Phi) is 16.8. The van der Waals surface area contributed by atoms with Crippen molar-refractivity contribution in [3.63, 3.8) is 0 Å². The van der Waals surface area contributed by atoms with Crippen LogP contribution in [0.25, 0.3) is 0 Å². The number of fused-ring (bicyclic) bond motifs is 2. The number of amides is 1. The average molecular weight is 977 g/mol. The highest BCUT2D eigenvalue weighted by atomic mass is 28.3. The third-order valence-corrected chi connectivity index (χ3v) is 14.3. The fourth-order valence-corrected chi connectivity index (χ4v) is 9.60. The molecule has 2 aliphatic carbocycles. The standard InChI is InChI=1S/C23H29N5O2.C16H28N2O3Si.C13H15N3O2/c1-22(2)11-10-17-18(12-22)26-27-19(17)21(29)25-16-13-24-28(14-16)20(23(3,4)30)15-8-6-5-7-9-15;1-16(2)7-6-12-13(10-16)18(17-14(12)15(19)20)11-21-8-9-22(3,4)5;1-2-18-13(17)12(10-6-4-3-5-7-10)16-9-11(14)8-15-16/h5-9,13-14,20,30H,10-12H2,1-4H3,(H,25,29)(H,26,27);6-11H2,1-5H3,(H,19,20);3-9,12H,2,14H2,1H3. The third-order valence-electron chi connectivity index (χ3n) is 12.6. The number of nitrogens with one attached hydrogen (secondary N) is 2. The summed E-state index contributed by atoms with van der Waals surface area (Å²) in [6, 6.07) is 19.2. The molecule has 2 unspecified atom stereocenters. The van der Waals surface area contributed by atoms with Crippen molar-refractivity contribution >= 4 is 37.3 Å². The summed E-state index contributed by atoms with van der Waals surface area (Å²) in [7, 11) is -1.11. The summed E-state index contributed by atoms with van der Waals surface area (Å²) in [4.78, 5) is 36.3. The molecule has 0 saturated carbocycles. The predicted molar refractivity (Wildman–Crippen MR) is 272 cm³/mol. The van der Waals surface area contributed by atoms with Gasteiger partial charge in [0.15, 0.2) is 17.4 Å². The minimum absolute atomic E-state index is 0.193. The third kappa shape index (κ3) is 13.9. The van der Waals surface area contributed by atoms with Crippen LogP contribution >= 0.6 is 0 Å². The normalized spacial score (nSPS) is 15.7. The number of aromatic carboxylic acids is 1. The van der Waals surface area contributed by atoms with Gasteiger partial charge >= 0.3 is 11.9 Å². The smallest absolute Gasteiger partial charge is 0.356 e. The Bertz CT molecular complexity index is 2690. The largest absolute Gasteiger partial charge is 0.476 e. The van der Waals surface area contributed by atoms with E-state index in [9.17, 15) is 24.6 Å². The van der Waals surface area contributed by atoms with E-state index < -0.39 is 25.7 Å². The number of carboxylic acid groups (broad SMARTS) is 1. The van der Waals surface area contributed by atoms with Gasteiger partial charge in [-0.05, 0) is 87.3 Å². The van der Waals surface area contributed by atoms with Crippen LogP contribution in [0.1, 0.15) is 128 Å². The van der Waals surface area contributed by atoms with Crippen LogP contribution in [0, 0.1) is 10.8 Å². The van der Waals surface area contributed by atoms with Gasteiger partial charge in [0.2, 0.25) is 0 Å². The number of rotatable bonds is 15. The molecule has 6 N–H and O–H groups in total. The highest BCUT2D eigenvalue weighted by molar-refractivity contribution is 6.76. The number of hydrogen-bond donors (Lipinski definition) is 5. The number of H-pyrrole nitrogens is 1. The molecular formula is C52H72N10O7Si. The topological polar surface area (TPSA) is 230 Å². The highest BCUT2D eigenvalue weighted by Gasteiger charge is 2.35. The summed E-state index contributed by atoms with van der Waals surface area (Å²) in [6.07, 6.45) is 11.9. The Morgan fingerprint density at radius 2 is 1.49 bits per heavy atom. The van der Waals surface area contributed by atoms with Crippen molar-refractivity contribution in [1.29, 1.82) is 0 Å². The number of aromatic amines is 1. The van der Waals surface area contributed by atoms with Gasteiger partial charge in [0.05, 0.1) is 36.0 Å². The van der Waals surface area contributed by atoms with Crippen LogP contribution in [-0.2, 0) is 46.7 Å². The number of esters is 1. The maximum absolute atomic E-state index is 12.9. The Morgan fingerprint density at radius 3 is 2.07 bits per heavy atom. The number of anilines is 2. The summed E-state index contributed by atoms with van der Waals surface area (Å²) < 4.78 is 15.8. The van der Waals surface area contributed by atoms with Crippen LogP contribution in [0.2, 0.25) is 25.7 Å². The van der Waals surface area contributed by atoms with Gasteiger partial charge in [-0.1, -0.05) is 108 Å². The van der Waals surface area contributed by atoms with E-state index in [2.05, 4.69) is 78.1 Å². The molecule has 2 aliphatic rings. The van der Waals surface area contributed by atoms with Crippen LogP contribution in [0.5, 0.6) is 0 Å². The summed E-state index contributed by atoms with van der Waals surface area (Å²) in [5, 5.41) is 43.1. The van der Waals surface area contributed by atoms with Crippen LogP contribution in [0.4, 0.5) is 11.4 Å². The van der Waals surface area contributed by atoms with E-state index in [0.29, 0.717) is 30.4 Å². The number of carbonyl (C=O) groups is 3. The lowest BCUT2D eigenvalue weighted by molar-refractivity contribution is -0.146. The van der Waals surface area contributed by atoms with Crippen LogP contribution < -0.4 is 11.1 Å². The first kappa shape index (κ1) is 53.0. The van der Waals surface area contributed by atoms with Crippen molar-refractivity contribution in [3.05, 3.63) is 130 Å².